The van der Waals surface area contributed by atoms with Gasteiger partial charge in [0.1, 0.15) is 0 Å². The molecule has 0 aliphatic heterocycles. The number of hydrogen-bond donors (Lipinski definition) is 1. The number of nitrogens with zero attached hydrogens (tertiary/aromatic N) is 2. The van der Waals surface area contributed by atoms with E-state index in [2.05, 4.69) is 4.72 Å². The second-order valence-corrected chi connectivity index (χ2v) is 11.2. The van der Waals surface area contributed by atoms with E-state index >= 15 is 0 Å². The monoisotopic (exact) mass is 459 g/mol. The van der Waals surface area contributed by atoms with Crippen molar-refractivity contribution in [2.75, 3.05) is 4.72 Å². The average Bonchev–Trinajstić information content (AvgIpc) is 2.98. The fourth-order valence-electron chi connectivity index (χ4n) is 4.17. The molecular formula is C23H29N3O3S2. The third kappa shape index (κ3) is 4.41. The lowest BCUT2D eigenvalue weighted by molar-refractivity contribution is 0.516. The minimum absolute atomic E-state index is 0.126. The number of anilines is 1. The van der Waals surface area contributed by atoms with Crippen LogP contribution in [0, 0.1) is 0 Å². The smallest absolute Gasteiger partial charge is 0.295 e. The number of aromatic nitrogens is 2. The summed E-state index contributed by atoms with van der Waals surface area (Å²) in [7, 11) is -0.286. The number of benzene rings is 2. The molecule has 0 atom stereocenters. The normalized spacial score (nSPS) is 15.5. The van der Waals surface area contributed by atoms with E-state index in [9.17, 15) is 13.2 Å². The number of fused-ring (bicyclic) bond motifs is 1. The molecule has 1 fully saturated rings. The van der Waals surface area contributed by atoms with E-state index in [-0.39, 0.29) is 10.6 Å². The highest BCUT2D eigenvalue weighted by atomic mass is 32.2. The zero-order valence-electron chi connectivity index (χ0n) is 18.2. The molecule has 4 rings (SSSR count). The summed E-state index contributed by atoms with van der Waals surface area (Å²) in [5, 5.41) is 0.457. The summed E-state index contributed by atoms with van der Waals surface area (Å²) in [6.07, 6.45) is 6.77. The van der Waals surface area contributed by atoms with Crippen molar-refractivity contribution in [3.05, 3.63) is 52.4 Å². The van der Waals surface area contributed by atoms with Gasteiger partial charge in [0.05, 0.1) is 21.6 Å². The van der Waals surface area contributed by atoms with Crippen LogP contribution in [0.2, 0.25) is 0 Å². The van der Waals surface area contributed by atoms with Crippen LogP contribution >= 0.6 is 11.8 Å². The molecule has 1 saturated carbocycles. The van der Waals surface area contributed by atoms with Crippen molar-refractivity contribution in [1.29, 1.82) is 0 Å². The quantitative estimate of drug-likeness (QED) is 0.582. The van der Waals surface area contributed by atoms with E-state index in [0.717, 1.165) is 35.2 Å². The average molecular weight is 460 g/mol. The molecule has 0 amide bonds. The zero-order valence-corrected chi connectivity index (χ0v) is 19.9. The molecule has 0 bridgehead atoms. The third-order valence-electron chi connectivity index (χ3n) is 6.11. The molecule has 1 aromatic heterocycles. The van der Waals surface area contributed by atoms with Gasteiger partial charge in [0.15, 0.2) is 0 Å². The lowest BCUT2D eigenvalue weighted by Crippen LogP contribution is -2.19. The maximum Gasteiger partial charge on any atom is 0.328 e. The first-order valence-corrected chi connectivity index (χ1v) is 13.1. The summed E-state index contributed by atoms with van der Waals surface area (Å²) in [6, 6.07) is 10.7. The highest BCUT2D eigenvalue weighted by molar-refractivity contribution is 8.00. The molecule has 1 N–H and O–H groups in total. The Morgan fingerprint density at radius 3 is 2.23 bits per heavy atom. The van der Waals surface area contributed by atoms with Crippen molar-refractivity contribution < 1.29 is 8.42 Å². The summed E-state index contributed by atoms with van der Waals surface area (Å²) in [5.74, 6) is 0. The number of imidazole rings is 1. The van der Waals surface area contributed by atoms with Gasteiger partial charge in [0.25, 0.3) is 10.0 Å². The van der Waals surface area contributed by atoms with Crippen molar-refractivity contribution >= 4 is 38.5 Å². The van der Waals surface area contributed by atoms with Gasteiger partial charge >= 0.3 is 5.69 Å². The van der Waals surface area contributed by atoms with Crippen molar-refractivity contribution in [1.82, 2.24) is 9.13 Å². The van der Waals surface area contributed by atoms with Crippen molar-refractivity contribution in [2.24, 2.45) is 14.1 Å². The Bertz CT molecular complexity index is 1250. The SMILES string of the molecule is CCc1ccc(S(=O)(=O)Nc2cc3c(cc2SC2CCCCC2)n(C)c(=O)n3C)cc1. The molecule has 0 unspecified atom stereocenters. The number of sulfonamides is 1. The van der Waals surface area contributed by atoms with Gasteiger partial charge in [-0.15, -0.1) is 11.8 Å². The fourth-order valence-corrected chi connectivity index (χ4v) is 6.65. The van der Waals surface area contributed by atoms with E-state index in [4.69, 9.17) is 0 Å². The molecule has 3 aromatic rings. The Balaban J connectivity index is 1.77. The second-order valence-electron chi connectivity index (χ2n) is 8.22. The minimum Gasteiger partial charge on any atom is -0.295 e. The van der Waals surface area contributed by atoms with E-state index < -0.39 is 10.0 Å². The van der Waals surface area contributed by atoms with Gasteiger partial charge in [-0.05, 0) is 49.1 Å². The maximum absolute atomic E-state index is 13.1. The summed E-state index contributed by atoms with van der Waals surface area (Å²) in [6.45, 7) is 2.04. The molecule has 1 heterocycles. The summed E-state index contributed by atoms with van der Waals surface area (Å²) < 4.78 is 32.3. The lowest BCUT2D eigenvalue weighted by atomic mass is 10.0. The highest BCUT2D eigenvalue weighted by Crippen LogP contribution is 2.39. The molecule has 2 aromatic carbocycles. The van der Waals surface area contributed by atoms with Gasteiger partial charge in [-0.3, -0.25) is 13.9 Å². The maximum atomic E-state index is 13.1. The number of aryl methyl sites for hydroxylation is 3. The number of thioether (sulfide) groups is 1. The predicted octanol–water partition coefficient (Wildman–Crippen LogP) is 4.67. The summed E-state index contributed by atoms with van der Waals surface area (Å²) >= 11 is 1.72. The van der Waals surface area contributed by atoms with Crippen molar-refractivity contribution in [2.45, 2.75) is 60.5 Å². The fraction of sp³-hybridized carbons (Fsp3) is 0.435. The molecule has 1 aliphatic rings. The standard InChI is InChI=1S/C23H29N3O3S2/c1-4-16-10-12-18(13-11-16)31(28,29)24-19-14-20-21(26(3)23(27)25(20)2)15-22(19)30-17-8-6-5-7-9-17/h10-15,17,24H,4-9H2,1-3H3. The van der Waals surface area contributed by atoms with E-state index in [1.165, 1.54) is 19.3 Å². The Kier molecular flexibility index (Phi) is 6.21. The van der Waals surface area contributed by atoms with Gasteiger partial charge in [0.2, 0.25) is 0 Å². The van der Waals surface area contributed by atoms with Crippen LogP contribution in [0.15, 0.2) is 51.0 Å². The molecule has 166 valence electrons. The molecule has 31 heavy (non-hydrogen) atoms. The molecule has 1 aliphatic carbocycles. The number of nitrogens with one attached hydrogen (secondary N) is 1. The van der Waals surface area contributed by atoms with E-state index in [0.29, 0.717) is 16.5 Å². The zero-order chi connectivity index (χ0) is 22.2. The van der Waals surface area contributed by atoms with Crippen LogP contribution in [0.1, 0.15) is 44.6 Å². The van der Waals surface area contributed by atoms with Crippen molar-refractivity contribution in [3.8, 4) is 0 Å². The second kappa shape index (κ2) is 8.74. The molecular weight excluding hydrogens is 430 g/mol. The van der Waals surface area contributed by atoms with Crippen LogP contribution in [0.25, 0.3) is 11.0 Å². The minimum atomic E-state index is -3.74. The molecule has 8 heteroatoms. The van der Waals surface area contributed by atoms with Crippen LogP contribution in [0.3, 0.4) is 0 Å². The Labute approximate surface area is 187 Å². The van der Waals surface area contributed by atoms with Gasteiger partial charge in [-0.1, -0.05) is 38.3 Å². The molecule has 0 radical (unpaired) electrons. The topological polar surface area (TPSA) is 73.1 Å². The number of hydrogen-bond acceptors (Lipinski definition) is 4. The number of rotatable bonds is 6. The molecule has 6 nitrogen and oxygen atoms in total. The third-order valence-corrected chi connectivity index (χ3v) is 8.88. The van der Waals surface area contributed by atoms with Gasteiger partial charge < -0.3 is 0 Å². The molecule has 0 spiro atoms. The van der Waals surface area contributed by atoms with Gasteiger partial charge in [-0.25, -0.2) is 13.2 Å². The van der Waals surface area contributed by atoms with Gasteiger partial charge in [-0.2, -0.15) is 0 Å². The first-order valence-electron chi connectivity index (χ1n) is 10.8. The Morgan fingerprint density at radius 1 is 1.00 bits per heavy atom. The van der Waals surface area contributed by atoms with Crippen LogP contribution < -0.4 is 10.4 Å². The van der Waals surface area contributed by atoms with Crippen molar-refractivity contribution in [3.63, 3.8) is 0 Å². The Morgan fingerprint density at radius 2 is 1.61 bits per heavy atom. The van der Waals surface area contributed by atoms with Crippen LogP contribution in [-0.2, 0) is 30.5 Å². The van der Waals surface area contributed by atoms with Crippen LogP contribution in [0.4, 0.5) is 5.69 Å². The highest BCUT2D eigenvalue weighted by Gasteiger charge is 2.22. The van der Waals surface area contributed by atoms with Crippen LogP contribution in [-0.4, -0.2) is 22.8 Å². The first kappa shape index (κ1) is 22.0. The lowest BCUT2D eigenvalue weighted by Gasteiger charge is -2.22. The summed E-state index contributed by atoms with van der Waals surface area (Å²) in [4.78, 5) is 13.6. The first-order chi connectivity index (χ1) is 14.8. The van der Waals surface area contributed by atoms with Crippen LogP contribution in [0.5, 0.6) is 0 Å². The van der Waals surface area contributed by atoms with E-state index in [1.807, 2.05) is 25.1 Å². The van der Waals surface area contributed by atoms with E-state index in [1.54, 1.807) is 53.2 Å². The summed E-state index contributed by atoms with van der Waals surface area (Å²) in [5.41, 5.74) is 3.01. The largest absolute Gasteiger partial charge is 0.328 e. The Hall–Kier alpha value is -2.19. The molecule has 0 saturated heterocycles. The van der Waals surface area contributed by atoms with Gasteiger partial charge in [0, 0.05) is 24.2 Å². The predicted molar refractivity (Wildman–Crippen MR) is 128 cm³/mol.